The van der Waals surface area contributed by atoms with Gasteiger partial charge >= 0.3 is 6.03 Å². The maximum absolute atomic E-state index is 12.4. The smallest absolute Gasteiger partial charge is 0.323 e. The fourth-order valence-electron chi connectivity index (χ4n) is 3.31. The van der Waals surface area contributed by atoms with E-state index in [4.69, 9.17) is 17.3 Å². The molecule has 8 heteroatoms. The molecular weight excluding hydrogens is 376 g/mol. The van der Waals surface area contributed by atoms with Gasteiger partial charge in [-0.25, -0.2) is 9.78 Å². The third-order valence-corrected chi connectivity index (χ3v) is 4.76. The summed E-state index contributed by atoms with van der Waals surface area (Å²) >= 11 is 6.01. The number of para-hydroxylation sites is 1. The number of urea groups is 1. The summed E-state index contributed by atoms with van der Waals surface area (Å²) in [5.41, 5.74) is 9.51. The van der Waals surface area contributed by atoms with Crippen LogP contribution in [0, 0.1) is 0 Å². The number of carbonyl (C=O) groups excluding carboxylic acids is 1. The van der Waals surface area contributed by atoms with Crippen molar-refractivity contribution >= 4 is 40.8 Å². The van der Waals surface area contributed by atoms with Crippen molar-refractivity contribution in [2.24, 2.45) is 0 Å². The predicted molar refractivity (Wildman–Crippen MR) is 112 cm³/mol. The Hall–Kier alpha value is -3.32. The molecule has 2 aromatic carbocycles. The first-order valence-electron chi connectivity index (χ1n) is 8.87. The molecule has 0 saturated carbocycles. The van der Waals surface area contributed by atoms with Crippen LogP contribution >= 0.6 is 11.6 Å². The fourth-order valence-corrected chi connectivity index (χ4v) is 3.50. The lowest BCUT2D eigenvalue weighted by molar-refractivity contribution is 0.262. The number of nitrogen functional groups attached to an aromatic ring is 1. The highest BCUT2D eigenvalue weighted by atomic mass is 35.5. The lowest BCUT2D eigenvalue weighted by atomic mass is 9.97. The molecule has 0 aliphatic carbocycles. The van der Waals surface area contributed by atoms with Gasteiger partial charge in [-0.1, -0.05) is 41.9 Å². The molecule has 0 saturated heterocycles. The Bertz CT molecular complexity index is 991. The number of halogens is 1. The highest BCUT2D eigenvalue weighted by Gasteiger charge is 2.21. The Labute approximate surface area is 167 Å². The van der Waals surface area contributed by atoms with Crippen molar-refractivity contribution in [1.82, 2.24) is 9.97 Å². The summed E-state index contributed by atoms with van der Waals surface area (Å²) in [5.74, 6) is 0.852. The van der Waals surface area contributed by atoms with Gasteiger partial charge in [0.15, 0.2) is 0 Å². The third kappa shape index (κ3) is 3.99. The Balaban J connectivity index is 1.50. The number of hydrogen-bond acceptors (Lipinski definition) is 5. The molecule has 1 aromatic heterocycles. The van der Waals surface area contributed by atoms with E-state index in [9.17, 15) is 4.79 Å². The second-order valence-corrected chi connectivity index (χ2v) is 6.85. The first-order valence-corrected chi connectivity index (χ1v) is 9.25. The van der Waals surface area contributed by atoms with Gasteiger partial charge < -0.3 is 21.3 Å². The van der Waals surface area contributed by atoms with E-state index in [1.165, 1.54) is 0 Å². The number of aromatic nitrogens is 2. The summed E-state index contributed by atoms with van der Waals surface area (Å²) in [5, 5.41) is 6.12. The van der Waals surface area contributed by atoms with Gasteiger partial charge in [0, 0.05) is 30.5 Å². The number of nitrogens with one attached hydrogen (secondary N) is 2. The lowest BCUT2D eigenvalue weighted by Gasteiger charge is -2.31. The van der Waals surface area contributed by atoms with E-state index in [-0.39, 0.29) is 12.0 Å². The number of amides is 2. The maximum atomic E-state index is 12.4. The van der Waals surface area contributed by atoms with Crippen molar-refractivity contribution in [1.29, 1.82) is 0 Å². The number of rotatable bonds is 3. The number of fused-ring (bicyclic) bond motifs is 1. The topological polar surface area (TPSA) is 96.2 Å². The van der Waals surface area contributed by atoms with Gasteiger partial charge in [-0.2, -0.15) is 4.98 Å². The number of hydrogen-bond donors (Lipinski definition) is 3. The monoisotopic (exact) mass is 394 g/mol. The maximum Gasteiger partial charge on any atom is 0.323 e. The van der Waals surface area contributed by atoms with Crippen LogP contribution in [0.2, 0.25) is 5.15 Å². The van der Waals surface area contributed by atoms with Gasteiger partial charge in [0.05, 0.1) is 0 Å². The van der Waals surface area contributed by atoms with Crippen LogP contribution in [-0.2, 0) is 13.0 Å². The quantitative estimate of drug-likeness (QED) is 0.585. The fraction of sp³-hybridized carbons (Fsp3) is 0.150. The number of nitrogens with zero attached hydrogens (tertiary/aromatic N) is 3. The molecule has 142 valence electrons. The molecule has 7 nitrogen and oxygen atoms in total. The Morgan fingerprint density at radius 2 is 1.89 bits per heavy atom. The van der Waals surface area contributed by atoms with E-state index in [1.807, 2.05) is 48.5 Å². The van der Waals surface area contributed by atoms with Crippen molar-refractivity contribution in [3.8, 4) is 0 Å². The number of benzene rings is 2. The molecule has 0 spiro atoms. The van der Waals surface area contributed by atoms with E-state index in [0.717, 1.165) is 35.5 Å². The van der Waals surface area contributed by atoms with Crippen LogP contribution in [-0.4, -0.2) is 22.5 Å². The molecule has 1 aliphatic rings. The summed E-state index contributed by atoms with van der Waals surface area (Å²) < 4.78 is 0. The zero-order chi connectivity index (χ0) is 19.5. The minimum Gasteiger partial charge on any atom is -0.368 e. The zero-order valence-electron chi connectivity index (χ0n) is 15.0. The average molecular weight is 395 g/mol. The van der Waals surface area contributed by atoms with Crippen molar-refractivity contribution in [3.05, 3.63) is 70.9 Å². The molecule has 2 amide bonds. The lowest BCUT2D eigenvalue weighted by Crippen LogP contribution is -2.32. The molecule has 2 heterocycles. The summed E-state index contributed by atoms with van der Waals surface area (Å²) in [4.78, 5) is 22.6. The van der Waals surface area contributed by atoms with Gasteiger partial charge in [-0.3, -0.25) is 0 Å². The zero-order valence-corrected chi connectivity index (χ0v) is 15.8. The van der Waals surface area contributed by atoms with Crippen molar-refractivity contribution < 1.29 is 4.79 Å². The van der Waals surface area contributed by atoms with Crippen LogP contribution < -0.4 is 21.3 Å². The number of nitrogens with two attached hydrogens (primary N) is 1. The summed E-state index contributed by atoms with van der Waals surface area (Å²) in [6, 6.07) is 16.7. The summed E-state index contributed by atoms with van der Waals surface area (Å²) in [6.45, 7) is 1.39. The van der Waals surface area contributed by atoms with Gasteiger partial charge in [0.2, 0.25) is 5.95 Å². The molecule has 3 aromatic rings. The van der Waals surface area contributed by atoms with Gasteiger partial charge in [0.25, 0.3) is 0 Å². The molecule has 0 fully saturated rings. The SMILES string of the molecule is Nc1nc(Cl)cc(N2CCc3c(cccc3NC(=O)Nc3ccccc3)C2)n1. The molecule has 0 unspecified atom stereocenters. The number of carbonyl (C=O) groups is 1. The average Bonchev–Trinajstić information content (AvgIpc) is 2.68. The number of anilines is 4. The predicted octanol–water partition coefficient (Wildman–Crippen LogP) is 3.92. The van der Waals surface area contributed by atoms with Crippen LogP contribution in [0.4, 0.5) is 27.9 Å². The Morgan fingerprint density at radius 3 is 2.68 bits per heavy atom. The van der Waals surface area contributed by atoms with Crippen LogP contribution in [0.25, 0.3) is 0 Å². The second kappa shape index (κ2) is 7.74. The third-order valence-electron chi connectivity index (χ3n) is 4.57. The molecule has 4 N–H and O–H groups in total. The summed E-state index contributed by atoms with van der Waals surface area (Å²) in [7, 11) is 0. The van der Waals surface area contributed by atoms with Crippen LogP contribution in [0.3, 0.4) is 0 Å². The Morgan fingerprint density at radius 1 is 1.07 bits per heavy atom. The van der Waals surface area contributed by atoms with E-state index < -0.39 is 0 Å². The minimum absolute atomic E-state index is 0.154. The molecule has 0 bridgehead atoms. The van der Waals surface area contributed by atoms with Crippen LogP contribution in [0.15, 0.2) is 54.6 Å². The summed E-state index contributed by atoms with van der Waals surface area (Å²) in [6.07, 6.45) is 0.763. The van der Waals surface area contributed by atoms with Crippen LogP contribution in [0.5, 0.6) is 0 Å². The van der Waals surface area contributed by atoms with Crippen molar-refractivity contribution in [2.45, 2.75) is 13.0 Å². The van der Waals surface area contributed by atoms with E-state index in [0.29, 0.717) is 17.5 Å². The molecule has 1 aliphatic heterocycles. The van der Waals surface area contributed by atoms with Crippen molar-refractivity contribution in [3.63, 3.8) is 0 Å². The standard InChI is InChI=1S/C20H19ClN6O/c21-17-11-18(26-19(22)25-17)27-10-9-15-13(12-27)5-4-8-16(15)24-20(28)23-14-6-2-1-3-7-14/h1-8,11H,9-10,12H2,(H2,22,25,26)(H2,23,24,28). The van der Waals surface area contributed by atoms with E-state index in [2.05, 4.69) is 25.5 Å². The highest BCUT2D eigenvalue weighted by Crippen LogP contribution is 2.29. The molecular formula is C20H19ClN6O. The largest absolute Gasteiger partial charge is 0.368 e. The molecule has 4 rings (SSSR count). The molecule has 28 heavy (non-hydrogen) atoms. The van der Waals surface area contributed by atoms with Gasteiger partial charge in [-0.05, 0) is 35.7 Å². The second-order valence-electron chi connectivity index (χ2n) is 6.47. The van der Waals surface area contributed by atoms with Gasteiger partial charge in [0.1, 0.15) is 11.0 Å². The van der Waals surface area contributed by atoms with Crippen molar-refractivity contribution in [2.75, 3.05) is 27.8 Å². The molecule has 0 radical (unpaired) electrons. The van der Waals surface area contributed by atoms with Crippen LogP contribution in [0.1, 0.15) is 11.1 Å². The molecule has 0 atom stereocenters. The van der Waals surface area contributed by atoms with Gasteiger partial charge in [-0.15, -0.1) is 0 Å². The minimum atomic E-state index is -0.266. The normalized spacial score (nSPS) is 13.0. The highest BCUT2D eigenvalue weighted by molar-refractivity contribution is 6.29. The Kier molecular flexibility index (Phi) is 4.99. The van der Waals surface area contributed by atoms with E-state index in [1.54, 1.807) is 6.07 Å². The first kappa shape index (κ1) is 18.1. The first-order chi connectivity index (χ1) is 13.6. The van der Waals surface area contributed by atoms with E-state index >= 15 is 0 Å².